The van der Waals surface area contributed by atoms with E-state index in [1.165, 1.54) is 3.93 Å². The van der Waals surface area contributed by atoms with Crippen molar-refractivity contribution in [3.63, 3.8) is 0 Å². The van der Waals surface area contributed by atoms with E-state index in [2.05, 4.69) is 21.1 Å². The van der Waals surface area contributed by atoms with Gasteiger partial charge in [0.1, 0.15) is 12.4 Å². The molecule has 0 N–H and O–H groups in total. The molecule has 0 unspecified atom stereocenters. The maximum absolute atomic E-state index is 13.7. The molecule has 0 amide bonds. The quantitative estimate of drug-likeness (QED) is 0.532. The number of allylic oxidation sites excluding steroid dienone is 1. The first kappa shape index (κ1) is 9.71. The second-order valence-electron chi connectivity index (χ2n) is 3.51. The SMILES string of the molecule is CC(C)N1CN=C2C=CN(Br)C(F)=C21. The molecule has 0 fully saturated rings. The predicted molar refractivity (Wildman–Crippen MR) is 57.3 cm³/mol. The lowest BCUT2D eigenvalue weighted by molar-refractivity contribution is 0.302. The molecule has 5 heteroatoms. The van der Waals surface area contributed by atoms with Gasteiger partial charge < -0.3 is 4.90 Å². The second-order valence-corrected chi connectivity index (χ2v) is 4.28. The van der Waals surface area contributed by atoms with Crippen LogP contribution in [0.4, 0.5) is 4.39 Å². The molecule has 0 aliphatic carbocycles. The number of hydrogen-bond acceptors (Lipinski definition) is 3. The van der Waals surface area contributed by atoms with Crippen LogP contribution in [-0.2, 0) is 0 Å². The van der Waals surface area contributed by atoms with Crippen LogP contribution in [0.5, 0.6) is 0 Å². The topological polar surface area (TPSA) is 18.8 Å². The second kappa shape index (κ2) is 3.38. The zero-order chi connectivity index (χ0) is 10.3. The van der Waals surface area contributed by atoms with Crippen molar-refractivity contribution in [3.05, 3.63) is 23.9 Å². The minimum absolute atomic E-state index is 0.254. The van der Waals surface area contributed by atoms with Crippen molar-refractivity contribution in [2.75, 3.05) is 6.67 Å². The fourth-order valence-corrected chi connectivity index (χ4v) is 1.81. The molecule has 3 nitrogen and oxygen atoms in total. The Morgan fingerprint density at radius 2 is 2.29 bits per heavy atom. The van der Waals surface area contributed by atoms with E-state index in [0.29, 0.717) is 12.4 Å². The number of hydrogen-bond donors (Lipinski definition) is 0. The molecule has 0 bridgehead atoms. The highest BCUT2D eigenvalue weighted by Gasteiger charge is 2.30. The highest BCUT2D eigenvalue weighted by atomic mass is 79.9. The van der Waals surface area contributed by atoms with Gasteiger partial charge in [0.2, 0.25) is 5.95 Å². The number of aliphatic imine (C=N–C) groups is 1. The van der Waals surface area contributed by atoms with E-state index in [9.17, 15) is 4.39 Å². The fraction of sp³-hybridized carbons (Fsp3) is 0.444. The summed E-state index contributed by atoms with van der Waals surface area (Å²) in [7, 11) is 0. The smallest absolute Gasteiger partial charge is 0.229 e. The Morgan fingerprint density at radius 3 is 2.93 bits per heavy atom. The van der Waals surface area contributed by atoms with Crippen LogP contribution in [0.15, 0.2) is 28.9 Å². The number of nitrogens with zero attached hydrogens (tertiary/aromatic N) is 3. The van der Waals surface area contributed by atoms with Gasteiger partial charge in [0.25, 0.3) is 0 Å². The molecular weight excluding hydrogens is 249 g/mol. The van der Waals surface area contributed by atoms with E-state index in [4.69, 9.17) is 0 Å². The Balaban J connectivity index is 2.39. The molecule has 2 aliphatic heterocycles. The third-order valence-electron chi connectivity index (χ3n) is 2.29. The van der Waals surface area contributed by atoms with Crippen LogP contribution in [-0.4, -0.2) is 27.2 Å². The minimum Gasteiger partial charge on any atom is -0.344 e. The minimum atomic E-state index is -0.294. The van der Waals surface area contributed by atoms with E-state index < -0.39 is 0 Å². The summed E-state index contributed by atoms with van der Waals surface area (Å²) in [5.41, 5.74) is 1.31. The zero-order valence-electron chi connectivity index (χ0n) is 8.04. The number of rotatable bonds is 1. The molecule has 0 aromatic heterocycles. The maximum Gasteiger partial charge on any atom is 0.229 e. The summed E-state index contributed by atoms with van der Waals surface area (Å²) in [5.74, 6) is -0.294. The first-order valence-corrected chi connectivity index (χ1v) is 5.16. The summed E-state index contributed by atoms with van der Waals surface area (Å²) in [5, 5.41) is 0. The molecule has 0 spiro atoms. The first-order valence-electron chi connectivity index (χ1n) is 4.45. The van der Waals surface area contributed by atoms with E-state index >= 15 is 0 Å². The van der Waals surface area contributed by atoms with Gasteiger partial charge >= 0.3 is 0 Å². The lowest BCUT2D eigenvalue weighted by Crippen LogP contribution is -2.31. The fourth-order valence-electron chi connectivity index (χ4n) is 1.53. The van der Waals surface area contributed by atoms with Gasteiger partial charge in [0.05, 0.1) is 21.9 Å². The van der Waals surface area contributed by atoms with Crippen LogP contribution in [0.2, 0.25) is 0 Å². The molecular formula is C9H11BrFN3. The van der Waals surface area contributed by atoms with Gasteiger partial charge in [0.15, 0.2) is 0 Å². The Kier molecular flexibility index (Phi) is 2.34. The van der Waals surface area contributed by atoms with Crippen LogP contribution in [0.3, 0.4) is 0 Å². The van der Waals surface area contributed by atoms with Crippen LogP contribution < -0.4 is 0 Å². The van der Waals surface area contributed by atoms with Gasteiger partial charge in [-0.15, -0.1) is 0 Å². The Hall–Kier alpha value is -0.840. The van der Waals surface area contributed by atoms with Gasteiger partial charge in [0, 0.05) is 12.2 Å². The molecule has 76 valence electrons. The van der Waals surface area contributed by atoms with Gasteiger partial charge in [-0.25, -0.2) is 0 Å². The highest BCUT2D eigenvalue weighted by molar-refractivity contribution is 9.07. The molecule has 0 aromatic rings. The van der Waals surface area contributed by atoms with Gasteiger partial charge in [-0.05, 0) is 19.9 Å². The number of fused-ring (bicyclic) bond motifs is 1. The van der Waals surface area contributed by atoms with Crippen molar-refractivity contribution < 1.29 is 4.39 Å². The molecule has 2 heterocycles. The van der Waals surface area contributed by atoms with Gasteiger partial charge in [-0.1, -0.05) is 0 Å². The van der Waals surface area contributed by atoms with Crippen molar-refractivity contribution in [2.24, 2.45) is 4.99 Å². The molecule has 2 rings (SSSR count). The predicted octanol–water partition coefficient (Wildman–Crippen LogP) is 2.39. The lowest BCUT2D eigenvalue weighted by atomic mass is 10.2. The third-order valence-corrected chi connectivity index (χ3v) is 2.84. The van der Waals surface area contributed by atoms with Crippen molar-refractivity contribution >= 4 is 21.9 Å². The van der Waals surface area contributed by atoms with E-state index in [-0.39, 0.29) is 12.0 Å². The Labute approximate surface area is 90.9 Å². The molecule has 14 heavy (non-hydrogen) atoms. The molecule has 0 atom stereocenters. The summed E-state index contributed by atoms with van der Waals surface area (Å²) in [6.45, 7) is 4.59. The lowest BCUT2D eigenvalue weighted by Gasteiger charge is -2.27. The van der Waals surface area contributed by atoms with Gasteiger partial charge in [-0.2, -0.15) is 4.39 Å². The molecule has 0 aromatic carbocycles. The summed E-state index contributed by atoms with van der Waals surface area (Å²) in [6, 6.07) is 0.254. The van der Waals surface area contributed by atoms with Crippen LogP contribution in [0, 0.1) is 0 Å². The summed E-state index contributed by atoms with van der Waals surface area (Å²) in [4.78, 5) is 6.19. The van der Waals surface area contributed by atoms with Crippen LogP contribution in [0.1, 0.15) is 13.8 Å². The summed E-state index contributed by atoms with van der Waals surface area (Å²) >= 11 is 3.10. The van der Waals surface area contributed by atoms with E-state index in [1.54, 1.807) is 12.3 Å². The summed E-state index contributed by atoms with van der Waals surface area (Å²) < 4.78 is 15.0. The third kappa shape index (κ3) is 1.35. The van der Waals surface area contributed by atoms with E-state index in [1.807, 2.05) is 18.7 Å². The normalized spacial score (nSPS) is 20.8. The number of halogens is 2. The monoisotopic (exact) mass is 259 g/mol. The van der Waals surface area contributed by atoms with Crippen molar-refractivity contribution in [2.45, 2.75) is 19.9 Å². The summed E-state index contributed by atoms with van der Waals surface area (Å²) in [6.07, 6.45) is 3.41. The standard InChI is InChI=1S/C9H11BrFN3/c1-6(2)13-5-12-7-3-4-14(10)9(11)8(7)13/h3-4,6H,5H2,1-2H3. The first-order chi connectivity index (χ1) is 6.61. The van der Waals surface area contributed by atoms with Crippen molar-refractivity contribution in [1.82, 2.24) is 8.83 Å². The highest BCUT2D eigenvalue weighted by Crippen LogP contribution is 2.30. The zero-order valence-corrected chi connectivity index (χ0v) is 9.62. The Morgan fingerprint density at radius 1 is 1.57 bits per heavy atom. The van der Waals surface area contributed by atoms with Gasteiger partial charge in [-0.3, -0.25) is 8.92 Å². The van der Waals surface area contributed by atoms with E-state index in [0.717, 1.165) is 5.71 Å². The molecule has 2 aliphatic rings. The molecule has 0 radical (unpaired) electrons. The largest absolute Gasteiger partial charge is 0.344 e. The average Bonchev–Trinajstić information content (AvgIpc) is 2.55. The van der Waals surface area contributed by atoms with Crippen LogP contribution >= 0.6 is 16.1 Å². The van der Waals surface area contributed by atoms with Crippen LogP contribution in [0.25, 0.3) is 0 Å². The van der Waals surface area contributed by atoms with Crippen molar-refractivity contribution in [1.29, 1.82) is 0 Å². The van der Waals surface area contributed by atoms with Crippen molar-refractivity contribution in [3.8, 4) is 0 Å². The average molecular weight is 260 g/mol. The maximum atomic E-state index is 13.7. The Bertz CT molecular complexity index is 346. The molecule has 0 saturated carbocycles. The molecule has 0 saturated heterocycles.